The molecule has 0 spiro atoms. The molecule has 0 aliphatic carbocycles. The molecule has 0 amide bonds. The number of aliphatic imine (C=N–C) groups is 1. The lowest BCUT2D eigenvalue weighted by Gasteiger charge is -1.74. The van der Waals surface area contributed by atoms with Crippen molar-refractivity contribution >= 4 is 13.1 Å². The topological polar surface area (TPSA) is 60.0 Å². The molecule has 2 N–H and O–H groups in total. The first-order valence-corrected chi connectivity index (χ1v) is 1.25. The molecule has 0 rings (SSSR count). The van der Waals surface area contributed by atoms with E-state index in [-0.39, 0.29) is 0 Å². The predicted molar refractivity (Wildman–Crippen MR) is 23.3 cm³/mol. The number of hydrogen-bond acceptors (Lipinski definition) is 3. The number of oxime groups is 1. The van der Waals surface area contributed by atoms with E-state index >= 15 is 0 Å². The van der Waals surface area contributed by atoms with E-state index in [0.717, 1.165) is 6.34 Å². The van der Waals surface area contributed by atoms with Gasteiger partial charge in [0.15, 0.2) is 6.34 Å². The zero-order valence-corrected chi connectivity index (χ0v) is 3.16. The first kappa shape index (κ1) is 5.10. The highest BCUT2D eigenvalue weighted by molar-refractivity contribution is 5.61. The average Bonchev–Trinajstić information content (AvgIpc) is 1.61. The van der Waals surface area contributed by atoms with Gasteiger partial charge < -0.3 is 4.94 Å². The molecule has 0 unspecified atom stereocenters. The van der Waals surface area contributed by atoms with Crippen LogP contribution in [0.2, 0.25) is 0 Å². The maximum atomic E-state index is 4.43. The van der Waals surface area contributed by atoms with Crippen LogP contribution in [0.25, 0.3) is 0 Å². The summed E-state index contributed by atoms with van der Waals surface area (Å²) in [7, 11) is 0. The van der Waals surface area contributed by atoms with Crippen LogP contribution >= 0.6 is 0 Å². The highest BCUT2D eigenvalue weighted by Crippen LogP contribution is 1.55. The maximum Gasteiger partial charge on any atom is 0.156 e. The fraction of sp³-hybridized carbons (Fsp3) is 0. The summed E-state index contributed by atoms with van der Waals surface area (Å²) in [4.78, 5) is 6.90. The second-order valence-corrected chi connectivity index (χ2v) is 0.509. The Balaban J connectivity index is 2.94. The molecule has 6 heavy (non-hydrogen) atoms. The molecule has 4 heteroatoms. The molecular weight excluding hydrogens is 82.0 g/mol. The largest absolute Gasteiger partial charge is 0.301 e. The van der Waals surface area contributed by atoms with Gasteiger partial charge in [-0.25, -0.2) is 4.99 Å². The fourth-order valence-electron chi connectivity index (χ4n) is 0.0605. The van der Waals surface area contributed by atoms with Crippen LogP contribution in [0.1, 0.15) is 0 Å². The van der Waals surface area contributed by atoms with Gasteiger partial charge in [-0.2, -0.15) is 0 Å². The second kappa shape index (κ2) is 4.10. The summed E-state index contributed by atoms with van der Waals surface area (Å²) in [6, 6.07) is 0. The molecule has 0 fully saturated rings. The standard InChI is InChI=1S/C2H5N3O/c1-4-2-5-6-3/h2H,1,3H2/b5-2-. The lowest BCUT2D eigenvalue weighted by molar-refractivity contribution is 0.150. The third-order valence-corrected chi connectivity index (χ3v) is 0.190. The zero-order valence-electron chi connectivity index (χ0n) is 3.16. The number of rotatable bonds is 2. The van der Waals surface area contributed by atoms with Crippen molar-refractivity contribution in [3.63, 3.8) is 0 Å². The summed E-state index contributed by atoms with van der Waals surface area (Å²) in [6.45, 7) is 3.06. The van der Waals surface area contributed by atoms with Crippen LogP contribution in [-0.2, 0) is 4.94 Å². The van der Waals surface area contributed by atoms with E-state index in [1.807, 2.05) is 0 Å². The summed E-state index contributed by atoms with van der Waals surface area (Å²) >= 11 is 0. The molecule has 0 aliphatic heterocycles. The molecule has 0 aromatic heterocycles. The van der Waals surface area contributed by atoms with E-state index in [2.05, 4.69) is 27.7 Å². The van der Waals surface area contributed by atoms with E-state index in [1.54, 1.807) is 0 Å². The highest BCUT2D eigenvalue weighted by Gasteiger charge is 1.52. The van der Waals surface area contributed by atoms with Gasteiger partial charge >= 0.3 is 0 Å². The predicted octanol–water partition coefficient (Wildman–Crippen LogP) is -0.479. The SMILES string of the molecule is C=N/C=N\ON. The van der Waals surface area contributed by atoms with Crippen molar-refractivity contribution in [2.45, 2.75) is 0 Å². The van der Waals surface area contributed by atoms with Crippen molar-refractivity contribution in [2.24, 2.45) is 16.0 Å². The van der Waals surface area contributed by atoms with Crippen LogP contribution in [-0.4, -0.2) is 13.1 Å². The minimum Gasteiger partial charge on any atom is -0.301 e. The van der Waals surface area contributed by atoms with E-state index in [0.29, 0.717) is 0 Å². The van der Waals surface area contributed by atoms with Crippen molar-refractivity contribution in [2.75, 3.05) is 0 Å². The highest BCUT2D eigenvalue weighted by atomic mass is 16.7. The van der Waals surface area contributed by atoms with E-state index in [1.165, 1.54) is 0 Å². The average molecular weight is 87.1 g/mol. The van der Waals surface area contributed by atoms with Gasteiger partial charge in [-0.3, -0.25) is 0 Å². The van der Waals surface area contributed by atoms with Crippen LogP contribution < -0.4 is 5.90 Å². The third-order valence-electron chi connectivity index (χ3n) is 0.190. The minimum absolute atomic E-state index is 1.10. The molecule has 0 aliphatic rings. The van der Waals surface area contributed by atoms with Gasteiger partial charge in [0.25, 0.3) is 0 Å². The van der Waals surface area contributed by atoms with Gasteiger partial charge in [0.05, 0.1) is 0 Å². The van der Waals surface area contributed by atoms with E-state index in [9.17, 15) is 0 Å². The van der Waals surface area contributed by atoms with Crippen molar-refractivity contribution in [3.8, 4) is 0 Å². The maximum absolute atomic E-state index is 4.43. The summed E-state index contributed by atoms with van der Waals surface area (Å²) in [5.74, 6) is 4.43. The first-order valence-electron chi connectivity index (χ1n) is 1.25. The van der Waals surface area contributed by atoms with Crippen molar-refractivity contribution in [1.29, 1.82) is 0 Å². The molecule has 0 aromatic carbocycles. The fourth-order valence-corrected chi connectivity index (χ4v) is 0.0605. The Labute approximate surface area is 35.3 Å². The number of nitrogens with zero attached hydrogens (tertiary/aromatic N) is 2. The Hall–Kier alpha value is -0.900. The van der Waals surface area contributed by atoms with Crippen molar-refractivity contribution in [1.82, 2.24) is 0 Å². The Kier molecular flexibility index (Phi) is 3.48. The Morgan fingerprint density at radius 3 is 2.67 bits per heavy atom. The van der Waals surface area contributed by atoms with E-state index in [4.69, 9.17) is 0 Å². The number of nitrogens with two attached hydrogens (primary N) is 1. The van der Waals surface area contributed by atoms with Crippen LogP contribution in [0.5, 0.6) is 0 Å². The van der Waals surface area contributed by atoms with Gasteiger partial charge in [-0.1, -0.05) is 0 Å². The Morgan fingerprint density at radius 2 is 2.50 bits per heavy atom. The lowest BCUT2D eigenvalue weighted by atomic mass is 11.3. The summed E-state index contributed by atoms with van der Waals surface area (Å²) in [5, 5.41) is 3.01. The first-order chi connectivity index (χ1) is 2.91. The minimum atomic E-state index is 1.10. The van der Waals surface area contributed by atoms with Crippen LogP contribution in [0.3, 0.4) is 0 Å². The van der Waals surface area contributed by atoms with Crippen LogP contribution in [0.15, 0.2) is 10.1 Å². The molecule has 0 heterocycles. The molecule has 0 saturated heterocycles. The molecule has 34 valence electrons. The molecule has 0 bridgehead atoms. The van der Waals surface area contributed by atoms with Crippen LogP contribution in [0, 0.1) is 0 Å². The molecule has 0 radical (unpaired) electrons. The summed E-state index contributed by atoms with van der Waals surface area (Å²) in [6.07, 6.45) is 1.10. The second-order valence-electron chi connectivity index (χ2n) is 0.509. The van der Waals surface area contributed by atoms with Gasteiger partial charge in [0, 0.05) is 0 Å². The molecule has 0 aromatic rings. The monoisotopic (exact) mass is 87.0 g/mol. The van der Waals surface area contributed by atoms with Gasteiger partial charge in [-0.05, 0) is 11.9 Å². The molecule has 0 saturated carbocycles. The van der Waals surface area contributed by atoms with Crippen molar-refractivity contribution < 1.29 is 4.94 Å². The molecule has 0 atom stereocenters. The summed E-state index contributed by atoms with van der Waals surface area (Å²) in [5.41, 5.74) is 0. The Morgan fingerprint density at radius 1 is 1.83 bits per heavy atom. The summed E-state index contributed by atoms with van der Waals surface area (Å²) < 4.78 is 0. The quantitative estimate of drug-likeness (QED) is 0.281. The van der Waals surface area contributed by atoms with Gasteiger partial charge in [0.1, 0.15) is 0 Å². The zero-order chi connectivity index (χ0) is 4.83. The van der Waals surface area contributed by atoms with Gasteiger partial charge in [0.2, 0.25) is 0 Å². The lowest BCUT2D eigenvalue weighted by Crippen LogP contribution is -1.87. The van der Waals surface area contributed by atoms with Crippen LogP contribution in [0.4, 0.5) is 0 Å². The number of hydrogen-bond donors (Lipinski definition) is 1. The van der Waals surface area contributed by atoms with Crippen molar-refractivity contribution in [3.05, 3.63) is 0 Å². The normalized spacial score (nSPS) is 8.83. The molecular formula is C2H5N3O. The third kappa shape index (κ3) is 3.10. The van der Waals surface area contributed by atoms with E-state index < -0.39 is 0 Å². The Bertz CT molecular complexity index is 59.8. The molecule has 4 nitrogen and oxygen atoms in total. The smallest absolute Gasteiger partial charge is 0.156 e. The van der Waals surface area contributed by atoms with Gasteiger partial charge in [-0.15, -0.1) is 5.90 Å².